The van der Waals surface area contributed by atoms with E-state index in [4.69, 9.17) is 14.4 Å². The maximum Gasteiger partial charge on any atom is 0.409 e. The molecule has 41 heavy (non-hydrogen) atoms. The first-order valence-corrected chi connectivity index (χ1v) is 12.0. The molecular formula is C19H26N10O12. The fourth-order valence-corrected chi connectivity index (χ4v) is 3.67. The molecule has 22 nitrogen and oxygen atoms in total. The first-order valence-electron chi connectivity index (χ1n) is 12.0. The molecule has 22 heteroatoms. The van der Waals surface area contributed by atoms with E-state index in [1.807, 2.05) is 0 Å². The molecule has 1 aromatic carbocycles. The van der Waals surface area contributed by atoms with E-state index in [1.165, 1.54) is 16.9 Å². The van der Waals surface area contributed by atoms with Gasteiger partial charge in [-0.15, -0.1) is 10.0 Å². The predicted octanol–water partition coefficient (Wildman–Crippen LogP) is 1.00. The summed E-state index contributed by atoms with van der Waals surface area (Å²) in [7, 11) is 1.21. The van der Waals surface area contributed by atoms with Crippen molar-refractivity contribution in [3.63, 3.8) is 0 Å². The van der Waals surface area contributed by atoms with Crippen LogP contribution in [-0.4, -0.2) is 118 Å². The maximum atomic E-state index is 12.4. The summed E-state index contributed by atoms with van der Waals surface area (Å²) < 4.78 is 9.50. The minimum Gasteiger partial charge on any atom is -0.569 e. The van der Waals surface area contributed by atoms with E-state index in [0.717, 1.165) is 10.0 Å². The normalized spacial score (nSPS) is 16.2. The standard InChI is InChI=1S/C19H26N10O12/c1-3-39-19(31)23-6-10-25(11-7-23)29(37)21-41-17-13-16(14(26(32)33)12-15(17)27(34)35)40-20-28(36)24-8-4-22(5-9-24)18(30)38-2/h12-13H,3-11H2,1-2H3/b28-20-,29-21-. The number of rotatable bonds is 9. The van der Waals surface area contributed by atoms with Gasteiger partial charge in [-0.2, -0.15) is 0 Å². The van der Waals surface area contributed by atoms with Crippen LogP contribution in [0.5, 0.6) is 11.5 Å². The van der Waals surface area contributed by atoms with E-state index < -0.39 is 44.9 Å². The van der Waals surface area contributed by atoms with Gasteiger partial charge in [-0.3, -0.25) is 29.9 Å². The molecule has 0 atom stereocenters. The number of nitro groups is 2. The highest BCUT2D eigenvalue weighted by Crippen LogP contribution is 2.39. The van der Waals surface area contributed by atoms with Crippen molar-refractivity contribution in [1.29, 1.82) is 0 Å². The Bertz CT molecular complexity index is 1210. The lowest BCUT2D eigenvalue weighted by molar-refractivity contribution is -0.708. The van der Waals surface area contributed by atoms with Gasteiger partial charge in [0.1, 0.15) is 6.07 Å². The summed E-state index contributed by atoms with van der Waals surface area (Å²) >= 11 is 0. The van der Waals surface area contributed by atoms with Crippen molar-refractivity contribution in [2.24, 2.45) is 10.6 Å². The highest BCUT2D eigenvalue weighted by molar-refractivity contribution is 5.68. The first kappa shape index (κ1) is 30.1. The minimum atomic E-state index is -1.01. The van der Waals surface area contributed by atoms with Gasteiger partial charge >= 0.3 is 23.6 Å². The highest BCUT2D eigenvalue weighted by atomic mass is 16.7. The molecule has 2 saturated heterocycles. The molecule has 0 bridgehead atoms. The molecule has 0 unspecified atom stereocenters. The Labute approximate surface area is 230 Å². The van der Waals surface area contributed by atoms with E-state index in [1.54, 1.807) is 6.92 Å². The van der Waals surface area contributed by atoms with Gasteiger partial charge < -0.3 is 29.7 Å². The first-order chi connectivity index (χ1) is 19.5. The number of carbonyl (C=O) groups excluding carboxylic acids is 2. The molecule has 0 saturated carbocycles. The number of ether oxygens (including phenoxy) is 2. The zero-order valence-electron chi connectivity index (χ0n) is 21.9. The molecule has 0 aliphatic carbocycles. The lowest BCUT2D eigenvalue weighted by Gasteiger charge is -2.30. The summed E-state index contributed by atoms with van der Waals surface area (Å²) in [5.41, 5.74) is -1.85. The second-order valence-electron chi connectivity index (χ2n) is 8.20. The summed E-state index contributed by atoms with van der Waals surface area (Å²) in [5, 5.41) is 56.6. The van der Waals surface area contributed by atoms with Crippen molar-refractivity contribution in [3.05, 3.63) is 42.8 Å². The summed E-state index contributed by atoms with van der Waals surface area (Å²) in [4.78, 5) is 57.0. The Morgan fingerprint density at radius 2 is 1.17 bits per heavy atom. The van der Waals surface area contributed by atoms with Crippen molar-refractivity contribution in [2.45, 2.75) is 6.92 Å². The molecule has 0 spiro atoms. The van der Waals surface area contributed by atoms with Crippen molar-refractivity contribution < 1.29 is 48.5 Å². The maximum absolute atomic E-state index is 12.4. The van der Waals surface area contributed by atoms with Crippen LogP contribution in [0.25, 0.3) is 0 Å². The Balaban J connectivity index is 1.74. The van der Waals surface area contributed by atoms with Crippen LogP contribution in [0, 0.1) is 30.6 Å². The van der Waals surface area contributed by atoms with Crippen LogP contribution < -0.4 is 9.68 Å². The van der Waals surface area contributed by atoms with Gasteiger partial charge in [0.05, 0.1) is 59.7 Å². The molecule has 2 aliphatic rings. The van der Waals surface area contributed by atoms with Gasteiger partial charge in [-0.05, 0) is 6.92 Å². The molecule has 2 fully saturated rings. The summed E-state index contributed by atoms with van der Waals surface area (Å²) in [6.45, 7) is 2.51. The number of methoxy groups -OCH3 is 1. The molecule has 2 aliphatic heterocycles. The van der Waals surface area contributed by atoms with Crippen LogP contribution in [0.3, 0.4) is 0 Å². The number of nitro benzene ring substituents is 2. The van der Waals surface area contributed by atoms with E-state index in [2.05, 4.69) is 15.3 Å². The number of hydrazine groups is 2. The molecule has 0 radical (unpaired) electrons. The number of piperazine rings is 2. The molecule has 0 N–H and O–H groups in total. The third-order valence-electron chi connectivity index (χ3n) is 5.81. The average molecular weight is 586 g/mol. The number of nitrogens with zero attached hydrogens (tertiary/aromatic N) is 10. The van der Waals surface area contributed by atoms with Crippen molar-refractivity contribution in [2.75, 3.05) is 66.1 Å². The molecular weight excluding hydrogens is 560 g/mol. The largest absolute Gasteiger partial charge is 0.569 e. The number of benzene rings is 1. The average Bonchev–Trinajstić information content (AvgIpc) is 2.98. The number of hydrogen-bond acceptors (Lipinski definition) is 14. The van der Waals surface area contributed by atoms with Crippen LogP contribution >= 0.6 is 0 Å². The van der Waals surface area contributed by atoms with Crippen LogP contribution in [-0.2, 0) is 9.47 Å². The van der Waals surface area contributed by atoms with E-state index in [-0.39, 0.29) is 68.9 Å². The lowest BCUT2D eigenvalue weighted by atomic mass is 10.2. The van der Waals surface area contributed by atoms with Crippen LogP contribution in [0.1, 0.15) is 6.92 Å². The third kappa shape index (κ3) is 7.57. The van der Waals surface area contributed by atoms with Gasteiger partial charge in [0.25, 0.3) is 0 Å². The Kier molecular flexibility index (Phi) is 9.96. The Hall–Kier alpha value is -5.44. The van der Waals surface area contributed by atoms with Gasteiger partial charge in [0, 0.05) is 32.2 Å². The van der Waals surface area contributed by atoms with Crippen LogP contribution in [0.15, 0.2) is 22.7 Å². The molecule has 1 aromatic rings. The molecule has 3 rings (SSSR count). The smallest absolute Gasteiger partial charge is 0.409 e. The number of carbonyl (C=O) groups is 2. The Morgan fingerprint density at radius 1 is 0.756 bits per heavy atom. The summed E-state index contributed by atoms with van der Waals surface area (Å²) in [6.07, 6.45) is -1.12. The zero-order valence-corrected chi connectivity index (χ0v) is 21.9. The second-order valence-corrected chi connectivity index (χ2v) is 8.20. The molecule has 2 heterocycles. The zero-order chi connectivity index (χ0) is 30.1. The summed E-state index contributed by atoms with van der Waals surface area (Å²) in [6, 6.07) is 1.17. The SMILES string of the molecule is CCOC(=O)N1CCN(/[N+]([O-])=N/Oc2cc(O/N=[N+](\[O-])N3CCN(C(=O)OC)CC3)c([N+](=O)[O-])cc2[N+](=O)[O-])CC1. The quantitative estimate of drug-likeness (QED) is 0.169. The predicted molar refractivity (Wildman–Crippen MR) is 129 cm³/mol. The topological polar surface area (TPSA) is 247 Å². The van der Waals surface area contributed by atoms with Gasteiger partial charge in [-0.25, -0.2) is 9.59 Å². The van der Waals surface area contributed by atoms with Crippen molar-refractivity contribution in [3.8, 4) is 11.5 Å². The fourth-order valence-electron chi connectivity index (χ4n) is 3.67. The van der Waals surface area contributed by atoms with Crippen molar-refractivity contribution >= 4 is 23.6 Å². The van der Waals surface area contributed by atoms with Crippen LogP contribution in [0.2, 0.25) is 0 Å². The summed E-state index contributed by atoms with van der Waals surface area (Å²) in [5.74, 6) is -1.44. The second kappa shape index (κ2) is 13.6. The van der Waals surface area contributed by atoms with Crippen molar-refractivity contribution in [1.82, 2.24) is 19.8 Å². The van der Waals surface area contributed by atoms with Gasteiger partial charge in [0.15, 0.2) is 0 Å². The molecule has 224 valence electrons. The van der Waals surface area contributed by atoms with E-state index >= 15 is 0 Å². The van der Waals surface area contributed by atoms with Gasteiger partial charge in [-0.1, -0.05) is 0 Å². The lowest BCUT2D eigenvalue weighted by Crippen LogP contribution is -2.50. The fraction of sp³-hybridized carbons (Fsp3) is 0.579. The monoisotopic (exact) mass is 586 g/mol. The third-order valence-corrected chi connectivity index (χ3v) is 5.81. The molecule has 2 amide bonds. The number of amides is 2. The number of hydrogen-bond donors (Lipinski definition) is 0. The van der Waals surface area contributed by atoms with Gasteiger partial charge in [0.2, 0.25) is 22.1 Å². The van der Waals surface area contributed by atoms with Crippen LogP contribution in [0.4, 0.5) is 21.0 Å². The van der Waals surface area contributed by atoms with E-state index in [9.17, 15) is 40.2 Å². The van der Waals surface area contributed by atoms with E-state index in [0.29, 0.717) is 12.1 Å². The Morgan fingerprint density at radius 3 is 1.54 bits per heavy atom. The minimum absolute atomic E-state index is 0.0000226. The molecule has 0 aromatic heterocycles. The highest BCUT2D eigenvalue weighted by Gasteiger charge is 2.31.